The van der Waals surface area contributed by atoms with Gasteiger partial charge in [0.1, 0.15) is 12.4 Å². The van der Waals surface area contributed by atoms with Crippen LogP contribution in [0.4, 0.5) is 10.1 Å². The van der Waals surface area contributed by atoms with Crippen LogP contribution in [0.5, 0.6) is 0 Å². The molecule has 0 atom stereocenters. The first-order valence-electron chi connectivity index (χ1n) is 7.56. The lowest BCUT2D eigenvalue weighted by atomic mass is 10.2. The number of rotatable bonds is 5. The van der Waals surface area contributed by atoms with Crippen LogP contribution in [-0.4, -0.2) is 32.7 Å². The maximum absolute atomic E-state index is 13.0. The largest absolute Gasteiger partial charge is 0.311 e. The molecule has 0 saturated carbocycles. The highest BCUT2D eigenvalue weighted by Crippen LogP contribution is 2.16. The summed E-state index contributed by atoms with van der Waals surface area (Å²) in [6.45, 7) is 2.28. The van der Waals surface area contributed by atoms with Gasteiger partial charge >= 0.3 is 0 Å². The molecule has 0 aliphatic heterocycles. The molecular weight excluding hydrogens is 309 g/mol. The minimum atomic E-state index is -0.340. The number of amides is 1. The SMILES string of the molecule is CCN(C(=O)Cn1nnc(-c2ccccc2)n1)c1ccc(F)cc1. The van der Waals surface area contributed by atoms with E-state index in [9.17, 15) is 9.18 Å². The van der Waals surface area contributed by atoms with Gasteiger partial charge in [-0.15, -0.1) is 10.2 Å². The number of carbonyl (C=O) groups is 1. The number of aromatic nitrogens is 4. The summed E-state index contributed by atoms with van der Waals surface area (Å²) in [5, 5.41) is 12.1. The van der Waals surface area contributed by atoms with Crippen molar-refractivity contribution in [2.75, 3.05) is 11.4 Å². The average molecular weight is 325 g/mol. The Kier molecular flexibility index (Phi) is 4.60. The third kappa shape index (κ3) is 3.45. The van der Waals surface area contributed by atoms with Crippen molar-refractivity contribution in [2.24, 2.45) is 0 Å². The first-order chi connectivity index (χ1) is 11.7. The van der Waals surface area contributed by atoms with Gasteiger partial charge in [0.25, 0.3) is 5.91 Å². The van der Waals surface area contributed by atoms with E-state index in [0.29, 0.717) is 18.1 Å². The normalized spacial score (nSPS) is 10.6. The predicted molar refractivity (Wildman–Crippen MR) is 87.7 cm³/mol. The molecule has 1 aromatic heterocycles. The Morgan fingerprint density at radius 2 is 1.83 bits per heavy atom. The average Bonchev–Trinajstić information content (AvgIpc) is 3.06. The summed E-state index contributed by atoms with van der Waals surface area (Å²) < 4.78 is 13.0. The zero-order valence-electron chi connectivity index (χ0n) is 13.1. The van der Waals surface area contributed by atoms with E-state index < -0.39 is 0 Å². The number of benzene rings is 2. The summed E-state index contributed by atoms with van der Waals surface area (Å²) in [6.07, 6.45) is 0. The number of nitrogens with zero attached hydrogens (tertiary/aromatic N) is 5. The molecule has 3 rings (SSSR count). The van der Waals surface area contributed by atoms with Crippen LogP contribution < -0.4 is 4.90 Å². The minimum Gasteiger partial charge on any atom is -0.311 e. The van der Waals surface area contributed by atoms with E-state index in [0.717, 1.165) is 5.56 Å². The lowest BCUT2D eigenvalue weighted by Crippen LogP contribution is -2.34. The smallest absolute Gasteiger partial charge is 0.250 e. The third-order valence-corrected chi connectivity index (χ3v) is 3.52. The van der Waals surface area contributed by atoms with Crippen molar-refractivity contribution in [2.45, 2.75) is 13.5 Å². The summed E-state index contributed by atoms with van der Waals surface area (Å²) in [7, 11) is 0. The summed E-state index contributed by atoms with van der Waals surface area (Å²) in [6, 6.07) is 15.2. The standard InChI is InChI=1S/C17H16FN5O/c1-2-22(15-10-8-14(18)9-11-15)16(24)12-23-20-17(19-21-23)13-6-4-3-5-7-13/h3-11H,2,12H2,1H3. The summed E-state index contributed by atoms with van der Waals surface area (Å²) in [4.78, 5) is 15.3. The molecule has 0 unspecified atom stereocenters. The second kappa shape index (κ2) is 6.99. The van der Waals surface area contributed by atoms with Gasteiger partial charge in [0, 0.05) is 17.8 Å². The predicted octanol–water partition coefficient (Wildman–Crippen LogP) is 2.53. The van der Waals surface area contributed by atoms with Gasteiger partial charge in [-0.05, 0) is 36.4 Å². The first kappa shape index (κ1) is 15.8. The third-order valence-electron chi connectivity index (χ3n) is 3.52. The highest BCUT2D eigenvalue weighted by atomic mass is 19.1. The van der Waals surface area contributed by atoms with Crippen molar-refractivity contribution in [3.8, 4) is 11.4 Å². The molecule has 1 amide bonds. The number of likely N-dealkylation sites (N-methyl/N-ethyl adjacent to an activating group) is 1. The van der Waals surface area contributed by atoms with Crippen LogP contribution in [0.15, 0.2) is 54.6 Å². The number of hydrogen-bond donors (Lipinski definition) is 0. The molecule has 0 saturated heterocycles. The van der Waals surface area contributed by atoms with Gasteiger partial charge in [-0.3, -0.25) is 4.79 Å². The van der Waals surface area contributed by atoms with Crippen LogP contribution in [-0.2, 0) is 11.3 Å². The second-order valence-corrected chi connectivity index (χ2v) is 5.12. The van der Waals surface area contributed by atoms with Crippen molar-refractivity contribution >= 4 is 11.6 Å². The highest BCUT2D eigenvalue weighted by molar-refractivity contribution is 5.92. The van der Waals surface area contributed by atoms with Gasteiger partial charge in [0.05, 0.1) is 0 Å². The number of carbonyl (C=O) groups excluding carboxylic acids is 1. The Hall–Kier alpha value is -3.09. The topological polar surface area (TPSA) is 63.9 Å². The van der Waals surface area contributed by atoms with E-state index in [-0.39, 0.29) is 18.3 Å². The lowest BCUT2D eigenvalue weighted by Gasteiger charge is -2.20. The van der Waals surface area contributed by atoms with Gasteiger partial charge in [-0.1, -0.05) is 30.3 Å². The number of halogens is 1. The number of tetrazole rings is 1. The molecule has 0 aliphatic carbocycles. The highest BCUT2D eigenvalue weighted by Gasteiger charge is 2.16. The van der Waals surface area contributed by atoms with E-state index in [1.54, 1.807) is 17.0 Å². The van der Waals surface area contributed by atoms with E-state index in [4.69, 9.17) is 0 Å². The Balaban J connectivity index is 1.74. The van der Waals surface area contributed by atoms with Crippen molar-refractivity contribution < 1.29 is 9.18 Å². The van der Waals surface area contributed by atoms with Crippen LogP contribution in [0.25, 0.3) is 11.4 Å². The van der Waals surface area contributed by atoms with E-state index in [1.807, 2.05) is 37.3 Å². The number of hydrogen-bond acceptors (Lipinski definition) is 4. The van der Waals surface area contributed by atoms with Crippen molar-refractivity contribution in [3.05, 3.63) is 60.4 Å². The van der Waals surface area contributed by atoms with E-state index >= 15 is 0 Å². The zero-order valence-corrected chi connectivity index (χ0v) is 13.1. The van der Waals surface area contributed by atoms with Crippen LogP contribution in [0, 0.1) is 5.82 Å². The Morgan fingerprint density at radius 3 is 2.50 bits per heavy atom. The van der Waals surface area contributed by atoms with Crippen LogP contribution in [0.2, 0.25) is 0 Å². The quantitative estimate of drug-likeness (QED) is 0.723. The second-order valence-electron chi connectivity index (χ2n) is 5.12. The minimum absolute atomic E-state index is 0.0367. The summed E-state index contributed by atoms with van der Waals surface area (Å²) in [5.41, 5.74) is 1.47. The molecule has 2 aromatic carbocycles. The van der Waals surface area contributed by atoms with Crippen molar-refractivity contribution in [3.63, 3.8) is 0 Å². The van der Waals surface area contributed by atoms with E-state index in [1.165, 1.54) is 16.9 Å². The fourth-order valence-corrected chi connectivity index (χ4v) is 2.34. The molecule has 3 aromatic rings. The molecule has 24 heavy (non-hydrogen) atoms. The molecular formula is C17H16FN5O. The van der Waals surface area contributed by atoms with Crippen LogP contribution in [0.3, 0.4) is 0 Å². The molecule has 0 N–H and O–H groups in total. The monoisotopic (exact) mass is 325 g/mol. The molecule has 6 nitrogen and oxygen atoms in total. The van der Waals surface area contributed by atoms with E-state index in [2.05, 4.69) is 15.4 Å². The Morgan fingerprint density at radius 1 is 1.12 bits per heavy atom. The molecule has 7 heteroatoms. The molecule has 0 bridgehead atoms. The lowest BCUT2D eigenvalue weighted by molar-refractivity contribution is -0.119. The summed E-state index contributed by atoms with van der Waals surface area (Å²) >= 11 is 0. The van der Waals surface area contributed by atoms with Gasteiger partial charge < -0.3 is 4.90 Å². The van der Waals surface area contributed by atoms with Gasteiger partial charge in [0.15, 0.2) is 0 Å². The molecule has 122 valence electrons. The number of anilines is 1. The van der Waals surface area contributed by atoms with Crippen LogP contribution in [0.1, 0.15) is 6.92 Å². The fraction of sp³-hybridized carbons (Fsp3) is 0.176. The molecule has 1 heterocycles. The summed E-state index contributed by atoms with van der Waals surface area (Å²) in [5.74, 6) is -0.0675. The van der Waals surface area contributed by atoms with Gasteiger partial charge in [-0.25, -0.2) is 4.39 Å². The molecule has 0 spiro atoms. The molecule has 0 aliphatic rings. The first-order valence-corrected chi connectivity index (χ1v) is 7.56. The fourth-order valence-electron chi connectivity index (χ4n) is 2.34. The molecule has 0 radical (unpaired) electrons. The maximum atomic E-state index is 13.0. The van der Waals surface area contributed by atoms with Crippen molar-refractivity contribution in [1.82, 2.24) is 20.2 Å². The van der Waals surface area contributed by atoms with Crippen molar-refractivity contribution in [1.29, 1.82) is 0 Å². The Labute approximate surface area is 138 Å². The van der Waals surface area contributed by atoms with Gasteiger partial charge in [0.2, 0.25) is 5.82 Å². The zero-order chi connectivity index (χ0) is 16.9. The van der Waals surface area contributed by atoms with Gasteiger partial charge in [-0.2, -0.15) is 4.80 Å². The Bertz CT molecular complexity index is 817. The maximum Gasteiger partial charge on any atom is 0.250 e. The molecule has 0 fully saturated rings. The van der Waals surface area contributed by atoms with Crippen LogP contribution >= 0.6 is 0 Å².